The van der Waals surface area contributed by atoms with Crippen LogP contribution in [0, 0.1) is 6.92 Å². The first kappa shape index (κ1) is 14.0. The Bertz CT molecular complexity index is 624. The molecule has 0 aliphatic rings. The molecule has 0 aliphatic heterocycles. The van der Waals surface area contributed by atoms with Crippen molar-refractivity contribution >= 4 is 22.2 Å². The van der Waals surface area contributed by atoms with E-state index >= 15 is 0 Å². The lowest BCUT2D eigenvalue weighted by molar-refractivity contribution is 0.112. The highest BCUT2D eigenvalue weighted by atomic mass is 79.9. The second-order valence-corrected chi connectivity index (χ2v) is 6.59. The van der Waals surface area contributed by atoms with Crippen molar-refractivity contribution in [1.82, 2.24) is 9.78 Å². The first-order valence-electron chi connectivity index (χ1n) is 6.15. The SMILES string of the molecule is Cc1cc(Br)ccc1-n1cc(C=O)c(C(C)(C)C)n1. The van der Waals surface area contributed by atoms with Crippen LogP contribution in [0.15, 0.2) is 28.9 Å². The van der Waals surface area contributed by atoms with Gasteiger partial charge in [-0.2, -0.15) is 5.10 Å². The molecule has 0 bridgehead atoms. The fourth-order valence-electron chi connectivity index (χ4n) is 2.06. The molecule has 2 rings (SSSR count). The van der Waals surface area contributed by atoms with Gasteiger partial charge in [0.1, 0.15) is 0 Å². The van der Waals surface area contributed by atoms with Crippen LogP contribution in [0.2, 0.25) is 0 Å². The maximum Gasteiger partial charge on any atom is 0.153 e. The molecule has 3 nitrogen and oxygen atoms in total. The summed E-state index contributed by atoms with van der Waals surface area (Å²) in [6, 6.07) is 6.00. The highest BCUT2D eigenvalue weighted by Crippen LogP contribution is 2.26. The van der Waals surface area contributed by atoms with Crippen molar-refractivity contribution in [3.05, 3.63) is 45.7 Å². The summed E-state index contributed by atoms with van der Waals surface area (Å²) >= 11 is 3.45. The van der Waals surface area contributed by atoms with E-state index in [1.54, 1.807) is 10.9 Å². The molecule has 0 amide bonds. The summed E-state index contributed by atoms with van der Waals surface area (Å²) in [5.74, 6) is 0. The van der Waals surface area contributed by atoms with E-state index in [-0.39, 0.29) is 5.41 Å². The molecule has 0 saturated carbocycles. The number of nitrogens with zero attached hydrogens (tertiary/aromatic N) is 2. The predicted molar refractivity (Wildman–Crippen MR) is 80.1 cm³/mol. The van der Waals surface area contributed by atoms with Gasteiger partial charge in [-0.1, -0.05) is 36.7 Å². The van der Waals surface area contributed by atoms with Crippen molar-refractivity contribution in [3.63, 3.8) is 0 Å². The molecule has 0 unspecified atom stereocenters. The number of aldehydes is 1. The first-order chi connectivity index (χ1) is 8.82. The smallest absolute Gasteiger partial charge is 0.153 e. The van der Waals surface area contributed by atoms with Gasteiger partial charge in [0.25, 0.3) is 0 Å². The normalized spacial score (nSPS) is 11.6. The fraction of sp³-hybridized carbons (Fsp3) is 0.333. The van der Waals surface area contributed by atoms with Crippen LogP contribution in [-0.2, 0) is 5.41 Å². The number of halogens is 1. The van der Waals surface area contributed by atoms with Gasteiger partial charge in [0.2, 0.25) is 0 Å². The van der Waals surface area contributed by atoms with Gasteiger partial charge in [0.05, 0.1) is 16.9 Å². The number of carbonyl (C=O) groups is 1. The van der Waals surface area contributed by atoms with E-state index < -0.39 is 0 Å². The van der Waals surface area contributed by atoms with Crippen molar-refractivity contribution < 1.29 is 4.79 Å². The molecule has 1 aromatic heterocycles. The van der Waals surface area contributed by atoms with Crippen LogP contribution in [0.4, 0.5) is 0 Å². The minimum atomic E-state index is -0.148. The number of hydrogen-bond donors (Lipinski definition) is 0. The number of hydrogen-bond acceptors (Lipinski definition) is 2. The van der Waals surface area contributed by atoms with E-state index in [4.69, 9.17) is 0 Å². The summed E-state index contributed by atoms with van der Waals surface area (Å²) in [5.41, 5.74) is 3.42. The summed E-state index contributed by atoms with van der Waals surface area (Å²) in [6.07, 6.45) is 2.67. The van der Waals surface area contributed by atoms with Gasteiger partial charge in [0.15, 0.2) is 6.29 Å². The average molecular weight is 321 g/mol. The second kappa shape index (κ2) is 4.93. The molecule has 4 heteroatoms. The number of benzene rings is 1. The molecule has 19 heavy (non-hydrogen) atoms. The van der Waals surface area contributed by atoms with Gasteiger partial charge in [-0.3, -0.25) is 4.79 Å². The molecule has 1 aromatic carbocycles. The van der Waals surface area contributed by atoms with Crippen molar-refractivity contribution in [2.45, 2.75) is 33.1 Å². The minimum Gasteiger partial charge on any atom is -0.298 e. The molecule has 1 heterocycles. The second-order valence-electron chi connectivity index (χ2n) is 5.68. The Kier molecular flexibility index (Phi) is 3.63. The maximum atomic E-state index is 11.2. The first-order valence-corrected chi connectivity index (χ1v) is 6.94. The molecular weight excluding hydrogens is 304 g/mol. The molecular formula is C15H17BrN2O. The van der Waals surface area contributed by atoms with Gasteiger partial charge in [-0.05, 0) is 30.7 Å². The lowest BCUT2D eigenvalue weighted by Crippen LogP contribution is -2.14. The molecule has 0 atom stereocenters. The molecule has 0 saturated heterocycles. The van der Waals surface area contributed by atoms with Gasteiger partial charge < -0.3 is 0 Å². The Morgan fingerprint density at radius 2 is 2.00 bits per heavy atom. The van der Waals surface area contributed by atoms with Crippen molar-refractivity contribution in [3.8, 4) is 5.69 Å². The Balaban J connectivity index is 2.58. The summed E-state index contributed by atoms with van der Waals surface area (Å²) in [4.78, 5) is 11.2. The highest BCUT2D eigenvalue weighted by Gasteiger charge is 2.22. The predicted octanol–water partition coefficient (Wildman–Crippen LogP) is 4.05. The zero-order valence-corrected chi connectivity index (χ0v) is 13.2. The van der Waals surface area contributed by atoms with E-state index in [2.05, 4.69) is 41.8 Å². The monoisotopic (exact) mass is 320 g/mol. The number of rotatable bonds is 2. The van der Waals surface area contributed by atoms with Gasteiger partial charge in [0, 0.05) is 16.1 Å². The number of aryl methyl sites for hydroxylation is 1. The summed E-state index contributed by atoms with van der Waals surface area (Å²) in [5, 5.41) is 4.58. The van der Waals surface area contributed by atoms with Crippen LogP contribution in [0.25, 0.3) is 5.69 Å². The highest BCUT2D eigenvalue weighted by molar-refractivity contribution is 9.10. The standard InChI is InChI=1S/C15H17BrN2O/c1-10-7-12(16)5-6-13(10)18-8-11(9-19)14(17-18)15(2,3)4/h5-9H,1-4H3. The Morgan fingerprint density at radius 3 is 2.47 bits per heavy atom. The Morgan fingerprint density at radius 1 is 1.32 bits per heavy atom. The quantitative estimate of drug-likeness (QED) is 0.782. The Hall–Kier alpha value is -1.42. The lowest BCUT2D eigenvalue weighted by atomic mass is 9.90. The number of carbonyl (C=O) groups excluding carboxylic acids is 1. The van der Waals surface area contributed by atoms with Crippen LogP contribution in [-0.4, -0.2) is 16.1 Å². The average Bonchev–Trinajstić information content (AvgIpc) is 2.72. The van der Waals surface area contributed by atoms with E-state index in [0.717, 1.165) is 27.7 Å². The summed E-state index contributed by atoms with van der Waals surface area (Å²) in [7, 11) is 0. The van der Waals surface area contributed by atoms with Crippen LogP contribution < -0.4 is 0 Å². The fourth-order valence-corrected chi connectivity index (χ4v) is 2.53. The largest absolute Gasteiger partial charge is 0.298 e. The van der Waals surface area contributed by atoms with Crippen LogP contribution in [0.5, 0.6) is 0 Å². The van der Waals surface area contributed by atoms with Crippen molar-refractivity contribution in [1.29, 1.82) is 0 Å². The van der Waals surface area contributed by atoms with E-state index in [0.29, 0.717) is 5.56 Å². The molecule has 0 aliphatic carbocycles. The van der Waals surface area contributed by atoms with Gasteiger partial charge >= 0.3 is 0 Å². The Labute approximate surface area is 121 Å². The van der Waals surface area contributed by atoms with Gasteiger partial charge in [-0.15, -0.1) is 0 Å². The lowest BCUT2D eigenvalue weighted by Gasteiger charge is -2.15. The van der Waals surface area contributed by atoms with Gasteiger partial charge in [-0.25, -0.2) is 4.68 Å². The van der Waals surface area contributed by atoms with E-state index in [1.807, 2.05) is 25.1 Å². The van der Waals surface area contributed by atoms with E-state index in [9.17, 15) is 4.79 Å². The molecule has 2 aromatic rings. The summed E-state index contributed by atoms with van der Waals surface area (Å²) < 4.78 is 2.82. The van der Waals surface area contributed by atoms with Crippen molar-refractivity contribution in [2.75, 3.05) is 0 Å². The molecule has 0 N–H and O–H groups in total. The maximum absolute atomic E-state index is 11.2. The third kappa shape index (κ3) is 2.78. The summed E-state index contributed by atoms with van der Waals surface area (Å²) in [6.45, 7) is 8.20. The molecule has 0 fully saturated rings. The van der Waals surface area contributed by atoms with Crippen LogP contribution in [0.3, 0.4) is 0 Å². The molecule has 0 radical (unpaired) electrons. The molecule has 100 valence electrons. The zero-order chi connectivity index (χ0) is 14.2. The van der Waals surface area contributed by atoms with Crippen LogP contribution >= 0.6 is 15.9 Å². The van der Waals surface area contributed by atoms with Crippen molar-refractivity contribution in [2.24, 2.45) is 0 Å². The molecule has 0 spiro atoms. The number of aromatic nitrogens is 2. The topological polar surface area (TPSA) is 34.9 Å². The third-order valence-corrected chi connectivity index (χ3v) is 3.48. The van der Waals surface area contributed by atoms with Crippen LogP contribution in [0.1, 0.15) is 42.4 Å². The third-order valence-electron chi connectivity index (χ3n) is 2.99. The zero-order valence-electron chi connectivity index (χ0n) is 11.6. The minimum absolute atomic E-state index is 0.148. The van der Waals surface area contributed by atoms with E-state index in [1.165, 1.54) is 0 Å².